The number of para-hydroxylation sites is 1. The van der Waals surface area contributed by atoms with Crippen molar-refractivity contribution in [3.05, 3.63) is 29.3 Å². The van der Waals surface area contributed by atoms with E-state index < -0.39 is 41.6 Å². The van der Waals surface area contributed by atoms with Crippen molar-refractivity contribution in [1.82, 2.24) is 21.3 Å². The van der Waals surface area contributed by atoms with Crippen LogP contribution < -0.4 is 42.5 Å². The van der Waals surface area contributed by atoms with Gasteiger partial charge >= 0.3 is 18.0 Å². The van der Waals surface area contributed by atoms with Crippen LogP contribution in [-0.2, 0) is 10.2 Å². The van der Waals surface area contributed by atoms with Crippen LogP contribution in [0.4, 0.5) is 4.79 Å². The van der Waals surface area contributed by atoms with E-state index in [4.69, 9.17) is 20.9 Å². The highest BCUT2D eigenvalue weighted by molar-refractivity contribution is 5.98. The van der Waals surface area contributed by atoms with E-state index in [9.17, 15) is 19.8 Å². The van der Waals surface area contributed by atoms with E-state index in [1.807, 2.05) is 6.07 Å². The van der Waals surface area contributed by atoms with E-state index in [0.29, 0.717) is 17.9 Å². The second-order valence-electron chi connectivity index (χ2n) is 12.3. The Balaban J connectivity index is 1.24. The summed E-state index contributed by atoms with van der Waals surface area (Å²) in [5, 5.41) is 35.2. The van der Waals surface area contributed by atoms with Crippen LogP contribution in [0.15, 0.2) is 18.2 Å². The van der Waals surface area contributed by atoms with Crippen molar-refractivity contribution < 1.29 is 38.8 Å². The van der Waals surface area contributed by atoms with Gasteiger partial charge in [-0.25, -0.2) is 14.7 Å². The van der Waals surface area contributed by atoms with Gasteiger partial charge in [0.05, 0.1) is 25.3 Å². The van der Waals surface area contributed by atoms with Gasteiger partial charge in [-0.1, -0.05) is 26.0 Å². The van der Waals surface area contributed by atoms with Gasteiger partial charge in [-0.15, -0.1) is 0 Å². The average Bonchev–Trinajstić information content (AvgIpc) is 3.60. The number of nitrogens with zero attached hydrogens (tertiary/aromatic N) is 1. The lowest BCUT2D eigenvalue weighted by Gasteiger charge is -2.41. The Hall–Kier alpha value is -3.78. The second kappa shape index (κ2) is 9.65. The Labute approximate surface area is 237 Å². The lowest BCUT2D eigenvalue weighted by atomic mass is 9.79. The quantitative estimate of drug-likeness (QED) is 0.126. The van der Waals surface area contributed by atoms with Gasteiger partial charge in [0.2, 0.25) is 0 Å². The van der Waals surface area contributed by atoms with Gasteiger partial charge in [-0.05, 0) is 43.6 Å². The predicted molar refractivity (Wildman–Crippen MR) is 146 cm³/mol. The summed E-state index contributed by atoms with van der Waals surface area (Å²) in [5.41, 5.74) is 11.9. The van der Waals surface area contributed by atoms with Crippen molar-refractivity contribution in [2.75, 3.05) is 19.7 Å². The van der Waals surface area contributed by atoms with Crippen LogP contribution in [0.1, 0.15) is 61.9 Å². The van der Waals surface area contributed by atoms with Crippen LogP contribution in [0.2, 0.25) is 0 Å². The van der Waals surface area contributed by atoms with Crippen molar-refractivity contribution in [3.63, 3.8) is 0 Å². The maximum Gasteiger partial charge on any atom is 0.407 e. The lowest BCUT2D eigenvalue weighted by Crippen LogP contribution is -2.92. The molecule has 6 rings (SSSR count). The lowest BCUT2D eigenvalue weighted by molar-refractivity contribution is -0.674. The van der Waals surface area contributed by atoms with E-state index in [-0.39, 0.29) is 36.5 Å². The molecule has 1 aliphatic carbocycles. The summed E-state index contributed by atoms with van der Waals surface area (Å²) in [6, 6.07) is 2.84. The molecule has 4 aliphatic heterocycles. The number of carbonyl (C=O) groups excluding carboxylic acids is 2. The van der Waals surface area contributed by atoms with Crippen molar-refractivity contribution in [2.24, 2.45) is 11.5 Å². The highest BCUT2D eigenvalue weighted by Crippen LogP contribution is 2.41. The topological polar surface area (TPSA) is 210 Å². The van der Waals surface area contributed by atoms with Crippen molar-refractivity contribution in [2.45, 2.75) is 87.0 Å². The van der Waals surface area contributed by atoms with Crippen LogP contribution in [0.25, 0.3) is 0 Å². The largest absolute Gasteiger partial charge is 0.492 e. The number of alkyl carbamates (subject to hydrolysis) is 1. The third kappa shape index (κ3) is 4.31. The average molecular weight is 573 g/mol. The molecule has 0 aromatic heterocycles. The number of ether oxygens (including phenoxy) is 2. The monoisotopic (exact) mass is 572 g/mol. The smallest absolute Gasteiger partial charge is 0.407 e. The van der Waals surface area contributed by atoms with Crippen LogP contribution in [0.3, 0.4) is 0 Å². The summed E-state index contributed by atoms with van der Waals surface area (Å²) < 4.78 is 12.9. The molecule has 1 aromatic carbocycles. The number of guanidine groups is 2. The zero-order valence-corrected chi connectivity index (χ0v) is 23.3. The van der Waals surface area contributed by atoms with Crippen LogP contribution in [-0.4, -0.2) is 94.1 Å². The summed E-state index contributed by atoms with van der Waals surface area (Å²) >= 11 is 0. The number of rotatable bonds is 5. The molecule has 14 heteroatoms. The molecule has 1 unspecified atom stereocenters. The van der Waals surface area contributed by atoms with Crippen molar-refractivity contribution in [3.8, 4) is 5.75 Å². The highest BCUT2D eigenvalue weighted by atomic mass is 16.6. The first-order valence-corrected chi connectivity index (χ1v) is 14.2. The zero-order chi connectivity index (χ0) is 29.2. The molecule has 14 nitrogen and oxygen atoms in total. The molecule has 2 amide bonds. The van der Waals surface area contributed by atoms with E-state index in [1.165, 1.54) is 0 Å². The molecular formula is C27H40N8O6+2. The SMILES string of the molecule is CC1(C)CCOc2c(C(=O)NC3C[N+]4=C(N)N[C@@H](CNC(=O)OC5CCCC5)[C@@H]5[NH+]=C(N)N[C@@]54C3(O)O)cccc21. The summed E-state index contributed by atoms with van der Waals surface area (Å²) in [5.74, 6) is -2.33. The fraction of sp³-hybridized carbons (Fsp3) is 0.630. The molecule has 0 radical (unpaired) electrons. The molecule has 4 atom stereocenters. The van der Waals surface area contributed by atoms with Crippen molar-refractivity contribution >= 4 is 23.9 Å². The summed E-state index contributed by atoms with van der Waals surface area (Å²) in [7, 11) is 0. The first-order valence-electron chi connectivity index (χ1n) is 14.2. The normalized spacial score (nSPS) is 31.0. The Kier molecular flexibility index (Phi) is 6.45. The van der Waals surface area contributed by atoms with Gasteiger partial charge in [-0.2, -0.15) is 0 Å². The fourth-order valence-corrected chi connectivity index (χ4v) is 6.99. The number of aliphatic hydroxyl groups is 2. The Bertz CT molecular complexity index is 1320. The van der Waals surface area contributed by atoms with Crippen LogP contribution in [0, 0.1) is 0 Å². The van der Waals surface area contributed by atoms with E-state index in [0.717, 1.165) is 37.7 Å². The molecule has 5 aliphatic rings. The minimum Gasteiger partial charge on any atom is -0.492 e. The number of amides is 2. The van der Waals surface area contributed by atoms with Gasteiger partial charge in [0.1, 0.15) is 23.9 Å². The molecule has 1 saturated heterocycles. The Morgan fingerprint density at radius 3 is 2.76 bits per heavy atom. The summed E-state index contributed by atoms with van der Waals surface area (Å²) in [6.07, 6.45) is 3.91. The standard InChI is InChI=1S/C27H38N8O6/c1-25(2)10-11-40-19-15(8-5-9-16(19)25)21(36)32-18-13-35-23(29)31-17(12-30-24(37)41-14-6-3-4-7-14)20-26(35,27(18,38)39)34-22(28)33-20/h5,8-9,14,17-18,20,38-39H,3-4,6-7,10-13H2,1-2H3,(H7,28,29,30,31,32,33,34,36,37)/p+2/t17-,18?,20-,26-/m0/s1. The van der Waals surface area contributed by atoms with Gasteiger partial charge in [0, 0.05) is 5.56 Å². The molecule has 1 saturated carbocycles. The number of fused-ring (bicyclic) bond motifs is 1. The van der Waals surface area contributed by atoms with Gasteiger partial charge < -0.3 is 30.3 Å². The predicted octanol–water partition coefficient (Wildman–Crippen LogP) is -3.43. The molecule has 0 bridgehead atoms. The number of hydrogen-bond donors (Lipinski definition) is 9. The number of nitrogens with two attached hydrogens (primary N) is 2. The third-order valence-corrected chi connectivity index (χ3v) is 9.26. The van der Waals surface area contributed by atoms with E-state index in [2.05, 4.69) is 40.1 Å². The van der Waals surface area contributed by atoms with E-state index >= 15 is 0 Å². The molecule has 2 fully saturated rings. The van der Waals surface area contributed by atoms with Crippen LogP contribution in [0.5, 0.6) is 5.75 Å². The Morgan fingerprint density at radius 1 is 1.24 bits per heavy atom. The second-order valence-corrected chi connectivity index (χ2v) is 12.3. The molecule has 41 heavy (non-hydrogen) atoms. The summed E-state index contributed by atoms with van der Waals surface area (Å²) in [6.45, 7) is 4.69. The molecule has 4 heterocycles. The minimum absolute atomic E-state index is 0.0404. The Morgan fingerprint density at radius 2 is 2.00 bits per heavy atom. The third-order valence-electron chi connectivity index (χ3n) is 9.26. The van der Waals surface area contributed by atoms with Crippen molar-refractivity contribution in [1.29, 1.82) is 0 Å². The zero-order valence-electron chi connectivity index (χ0n) is 23.3. The maximum absolute atomic E-state index is 13.6. The number of carbonyl (C=O) groups is 2. The van der Waals surface area contributed by atoms with E-state index in [1.54, 1.807) is 16.7 Å². The number of nitrogens with one attached hydrogen (secondary N) is 5. The highest BCUT2D eigenvalue weighted by Gasteiger charge is 2.78. The number of benzene rings is 1. The first kappa shape index (κ1) is 27.4. The first-order chi connectivity index (χ1) is 19.4. The van der Waals surface area contributed by atoms with Gasteiger partial charge in [0.25, 0.3) is 17.4 Å². The molecular weight excluding hydrogens is 532 g/mol. The van der Waals surface area contributed by atoms with Gasteiger partial charge in [0.15, 0.2) is 6.04 Å². The molecule has 1 aromatic rings. The van der Waals surface area contributed by atoms with Gasteiger partial charge in [-0.3, -0.25) is 26.6 Å². The fourth-order valence-electron chi connectivity index (χ4n) is 6.99. The maximum atomic E-state index is 13.6. The molecule has 1 spiro atoms. The van der Waals surface area contributed by atoms with Crippen LogP contribution >= 0.6 is 0 Å². The minimum atomic E-state index is -2.55. The molecule has 222 valence electrons. The molecule has 11 N–H and O–H groups in total. The summed E-state index contributed by atoms with van der Waals surface area (Å²) in [4.78, 5) is 29.1. The number of hydrogen-bond acceptors (Lipinski definition) is 10.